The zero-order valence-corrected chi connectivity index (χ0v) is 16.8. The van der Waals surface area contributed by atoms with Crippen molar-refractivity contribution >= 4 is 17.5 Å². The van der Waals surface area contributed by atoms with Crippen LogP contribution in [-0.4, -0.2) is 30.0 Å². The normalized spacial score (nSPS) is 15.5. The third-order valence-electron chi connectivity index (χ3n) is 4.98. The summed E-state index contributed by atoms with van der Waals surface area (Å²) in [5.74, 6) is 0.521. The number of ether oxygens (including phenoxy) is 1. The van der Waals surface area contributed by atoms with Crippen molar-refractivity contribution < 1.29 is 9.53 Å². The first kappa shape index (κ1) is 19.7. The third kappa shape index (κ3) is 5.47. The topological polar surface area (TPSA) is 41.6 Å². The van der Waals surface area contributed by atoms with Gasteiger partial charge in [-0.2, -0.15) is 0 Å². The van der Waals surface area contributed by atoms with Crippen molar-refractivity contribution in [2.75, 3.05) is 13.1 Å². The van der Waals surface area contributed by atoms with Crippen molar-refractivity contribution in [2.45, 2.75) is 45.9 Å². The maximum Gasteiger partial charge on any atom is 0.261 e. The van der Waals surface area contributed by atoms with Crippen LogP contribution < -0.4 is 10.1 Å². The van der Waals surface area contributed by atoms with Crippen molar-refractivity contribution in [3.63, 3.8) is 0 Å². The van der Waals surface area contributed by atoms with Gasteiger partial charge in [0.25, 0.3) is 5.91 Å². The molecule has 144 valence electrons. The Kier molecular flexibility index (Phi) is 6.75. The number of likely N-dealkylation sites (tertiary alicyclic amines) is 1. The Morgan fingerprint density at radius 2 is 1.89 bits per heavy atom. The molecular formula is C22H27ClN2O2. The number of rotatable bonds is 7. The molecule has 0 saturated carbocycles. The highest BCUT2D eigenvalue weighted by molar-refractivity contribution is 6.31. The molecule has 1 amide bonds. The molecule has 2 aromatic carbocycles. The lowest BCUT2D eigenvalue weighted by Gasteiger charge is -2.19. The molecule has 0 aliphatic carbocycles. The van der Waals surface area contributed by atoms with Gasteiger partial charge in [-0.05, 0) is 74.7 Å². The van der Waals surface area contributed by atoms with E-state index in [9.17, 15) is 4.79 Å². The largest absolute Gasteiger partial charge is 0.481 e. The van der Waals surface area contributed by atoms with Gasteiger partial charge in [-0.3, -0.25) is 9.69 Å². The number of halogens is 1. The number of nitrogens with zero attached hydrogens (tertiary/aromatic N) is 1. The van der Waals surface area contributed by atoms with Crippen LogP contribution in [0.3, 0.4) is 0 Å². The van der Waals surface area contributed by atoms with Crippen LogP contribution >= 0.6 is 11.6 Å². The molecule has 0 spiro atoms. The number of benzene rings is 2. The predicted octanol–water partition coefficient (Wildman–Crippen LogP) is 4.33. The molecule has 0 radical (unpaired) electrons. The second-order valence-corrected chi connectivity index (χ2v) is 7.55. The zero-order valence-electron chi connectivity index (χ0n) is 16.0. The van der Waals surface area contributed by atoms with Crippen LogP contribution in [0.4, 0.5) is 0 Å². The lowest BCUT2D eigenvalue weighted by molar-refractivity contribution is -0.127. The quantitative estimate of drug-likeness (QED) is 0.770. The summed E-state index contributed by atoms with van der Waals surface area (Å²) in [5, 5.41) is 3.69. The zero-order chi connectivity index (χ0) is 19.2. The highest BCUT2D eigenvalue weighted by Gasteiger charge is 2.17. The molecule has 1 aliphatic heterocycles. The van der Waals surface area contributed by atoms with E-state index in [2.05, 4.69) is 28.4 Å². The van der Waals surface area contributed by atoms with Gasteiger partial charge < -0.3 is 10.1 Å². The number of carbonyl (C=O) groups excluding carboxylic acids is 1. The van der Waals surface area contributed by atoms with Gasteiger partial charge in [0.1, 0.15) is 5.75 Å². The summed E-state index contributed by atoms with van der Waals surface area (Å²) < 4.78 is 5.76. The van der Waals surface area contributed by atoms with Crippen LogP contribution in [0.5, 0.6) is 5.75 Å². The second kappa shape index (κ2) is 9.25. The minimum absolute atomic E-state index is 0.126. The second-order valence-electron chi connectivity index (χ2n) is 7.14. The summed E-state index contributed by atoms with van der Waals surface area (Å²) in [5.41, 5.74) is 3.37. The Morgan fingerprint density at radius 3 is 2.59 bits per heavy atom. The van der Waals surface area contributed by atoms with Gasteiger partial charge in [0.15, 0.2) is 6.10 Å². The molecule has 1 N–H and O–H groups in total. The fourth-order valence-electron chi connectivity index (χ4n) is 3.34. The first-order chi connectivity index (χ1) is 13.0. The van der Waals surface area contributed by atoms with Gasteiger partial charge in [0.05, 0.1) is 0 Å². The number of nitrogens with one attached hydrogen (secondary N) is 1. The molecule has 1 atom stereocenters. The molecule has 1 saturated heterocycles. The average molecular weight is 387 g/mol. The van der Waals surface area contributed by atoms with E-state index < -0.39 is 6.10 Å². The molecule has 1 fully saturated rings. The standard InChI is InChI=1S/C22H27ClN2O2/c1-16-13-20(9-10-21(16)23)27-17(2)22(26)24-14-18-7-3-4-8-19(18)15-25-11-5-6-12-25/h3-4,7-10,13,17H,5-6,11-12,14-15H2,1-2H3,(H,24,26). The number of hydrogen-bond acceptors (Lipinski definition) is 3. The van der Waals surface area contributed by atoms with Crippen molar-refractivity contribution in [1.82, 2.24) is 10.2 Å². The van der Waals surface area contributed by atoms with Crippen LogP contribution in [0.25, 0.3) is 0 Å². The summed E-state index contributed by atoms with van der Waals surface area (Å²) in [6, 6.07) is 13.7. The van der Waals surface area contributed by atoms with Crippen molar-refractivity contribution in [1.29, 1.82) is 0 Å². The molecule has 5 heteroatoms. The third-order valence-corrected chi connectivity index (χ3v) is 5.40. The van der Waals surface area contributed by atoms with Crippen LogP contribution in [0, 0.1) is 6.92 Å². The number of carbonyl (C=O) groups is 1. The maximum absolute atomic E-state index is 12.5. The Balaban J connectivity index is 1.55. The highest BCUT2D eigenvalue weighted by atomic mass is 35.5. The van der Waals surface area contributed by atoms with E-state index >= 15 is 0 Å². The summed E-state index contributed by atoms with van der Waals surface area (Å²) >= 11 is 6.03. The van der Waals surface area contributed by atoms with Gasteiger partial charge in [-0.15, -0.1) is 0 Å². The van der Waals surface area contributed by atoms with E-state index in [1.807, 2.05) is 19.1 Å². The van der Waals surface area contributed by atoms with Crippen molar-refractivity contribution in [2.24, 2.45) is 0 Å². The molecule has 1 unspecified atom stereocenters. The van der Waals surface area contributed by atoms with Gasteiger partial charge in [0, 0.05) is 18.1 Å². The molecule has 2 aromatic rings. The van der Waals surface area contributed by atoms with Gasteiger partial charge in [-0.1, -0.05) is 35.9 Å². The molecule has 4 nitrogen and oxygen atoms in total. The van der Waals surface area contributed by atoms with E-state index in [1.54, 1.807) is 19.1 Å². The molecule has 0 bridgehead atoms. The fourth-order valence-corrected chi connectivity index (χ4v) is 3.46. The van der Waals surface area contributed by atoms with E-state index in [4.69, 9.17) is 16.3 Å². The Labute approximate surface area is 166 Å². The Bertz CT molecular complexity index is 788. The lowest BCUT2D eigenvalue weighted by Crippen LogP contribution is -2.36. The van der Waals surface area contributed by atoms with Crippen molar-refractivity contribution in [3.05, 3.63) is 64.2 Å². The van der Waals surface area contributed by atoms with Gasteiger partial charge in [-0.25, -0.2) is 0 Å². The average Bonchev–Trinajstić information content (AvgIpc) is 3.17. The number of amides is 1. The van der Waals surface area contributed by atoms with Crippen LogP contribution in [0.15, 0.2) is 42.5 Å². The minimum Gasteiger partial charge on any atom is -0.481 e. The van der Waals surface area contributed by atoms with Gasteiger partial charge in [0.2, 0.25) is 0 Å². The van der Waals surface area contributed by atoms with Crippen molar-refractivity contribution in [3.8, 4) is 5.75 Å². The predicted molar refractivity (Wildman–Crippen MR) is 109 cm³/mol. The van der Waals surface area contributed by atoms with E-state index in [0.29, 0.717) is 17.3 Å². The summed E-state index contributed by atoms with van der Waals surface area (Å²) in [4.78, 5) is 14.9. The Hall–Kier alpha value is -2.04. The first-order valence-corrected chi connectivity index (χ1v) is 9.90. The smallest absolute Gasteiger partial charge is 0.261 e. The van der Waals surface area contributed by atoms with Gasteiger partial charge >= 0.3 is 0 Å². The molecule has 1 heterocycles. The summed E-state index contributed by atoms with van der Waals surface area (Å²) in [6.07, 6.45) is 1.98. The van der Waals surface area contributed by atoms with Crippen LogP contribution in [0.2, 0.25) is 5.02 Å². The maximum atomic E-state index is 12.5. The highest BCUT2D eigenvalue weighted by Crippen LogP contribution is 2.22. The molecular weight excluding hydrogens is 360 g/mol. The fraction of sp³-hybridized carbons (Fsp3) is 0.409. The Morgan fingerprint density at radius 1 is 1.19 bits per heavy atom. The van der Waals surface area contributed by atoms with E-state index in [0.717, 1.165) is 30.8 Å². The summed E-state index contributed by atoms with van der Waals surface area (Å²) in [6.45, 7) is 7.45. The monoisotopic (exact) mass is 386 g/mol. The number of aryl methyl sites for hydroxylation is 1. The molecule has 0 aromatic heterocycles. The molecule has 27 heavy (non-hydrogen) atoms. The summed E-state index contributed by atoms with van der Waals surface area (Å²) in [7, 11) is 0. The van der Waals surface area contributed by atoms with Crippen LogP contribution in [0.1, 0.15) is 36.5 Å². The SMILES string of the molecule is Cc1cc(OC(C)C(=O)NCc2ccccc2CN2CCCC2)ccc1Cl. The molecule has 3 rings (SSSR count). The first-order valence-electron chi connectivity index (χ1n) is 9.52. The molecule has 1 aliphatic rings. The minimum atomic E-state index is -0.573. The van der Waals surface area contributed by atoms with E-state index in [-0.39, 0.29) is 5.91 Å². The van der Waals surface area contributed by atoms with E-state index in [1.165, 1.54) is 18.4 Å². The lowest BCUT2D eigenvalue weighted by atomic mass is 10.1. The van der Waals surface area contributed by atoms with Crippen LogP contribution in [-0.2, 0) is 17.9 Å². The number of hydrogen-bond donors (Lipinski definition) is 1.